The van der Waals surface area contributed by atoms with E-state index >= 15 is 0 Å². The molecule has 0 radical (unpaired) electrons. The highest BCUT2D eigenvalue weighted by Gasteiger charge is 2.11. The molecule has 1 N–H and O–H groups in total. The van der Waals surface area contributed by atoms with Crippen LogP contribution in [0.5, 0.6) is 0 Å². The molecule has 0 saturated heterocycles. The third-order valence-electron chi connectivity index (χ3n) is 2.83. The average Bonchev–Trinajstić information content (AvgIpc) is 2.29. The molecule has 1 unspecified atom stereocenters. The number of rotatable bonds is 6. The summed E-state index contributed by atoms with van der Waals surface area (Å²) in [4.78, 5) is 14.3. The molecule has 1 aromatic heterocycles. The van der Waals surface area contributed by atoms with Crippen LogP contribution in [-0.4, -0.2) is 15.9 Å². The largest absolute Gasteiger partial charge is 0.367 e. The molecule has 0 aliphatic heterocycles. The van der Waals surface area contributed by atoms with Crippen molar-refractivity contribution in [3.05, 3.63) is 27.9 Å². The Hall–Kier alpha value is -1.65. The number of aromatic nitrogens is 1. The molecule has 1 heterocycles. The molecule has 0 saturated carbocycles. The van der Waals surface area contributed by atoms with Crippen molar-refractivity contribution < 1.29 is 4.92 Å². The first-order valence-corrected chi connectivity index (χ1v) is 6.27. The quantitative estimate of drug-likeness (QED) is 0.620. The van der Waals surface area contributed by atoms with Gasteiger partial charge in [0, 0.05) is 12.1 Å². The number of anilines is 1. The highest BCUT2D eigenvalue weighted by atomic mass is 16.6. The lowest BCUT2D eigenvalue weighted by Gasteiger charge is -2.16. The Bertz CT molecular complexity index is 419. The number of nitro groups is 1. The summed E-state index contributed by atoms with van der Waals surface area (Å²) >= 11 is 0. The number of hydrogen-bond acceptors (Lipinski definition) is 4. The van der Waals surface area contributed by atoms with Crippen molar-refractivity contribution in [1.82, 2.24) is 4.98 Å². The second-order valence-electron chi connectivity index (χ2n) is 5.13. The van der Waals surface area contributed by atoms with Crippen molar-refractivity contribution >= 4 is 11.5 Å². The summed E-state index contributed by atoms with van der Waals surface area (Å²) in [5, 5.41) is 13.9. The summed E-state index contributed by atoms with van der Waals surface area (Å²) in [5.74, 6) is 1.41. The smallest absolute Gasteiger partial charge is 0.287 e. The van der Waals surface area contributed by atoms with Crippen LogP contribution in [0.15, 0.2) is 12.3 Å². The van der Waals surface area contributed by atoms with Crippen LogP contribution in [-0.2, 0) is 0 Å². The first-order valence-electron chi connectivity index (χ1n) is 6.27. The first kappa shape index (κ1) is 14.4. The normalized spacial score (nSPS) is 12.5. The van der Waals surface area contributed by atoms with Crippen LogP contribution in [0, 0.1) is 23.0 Å². The molecular weight excluding hydrogens is 230 g/mol. The third-order valence-corrected chi connectivity index (χ3v) is 2.83. The van der Waals surface area contributed by atoms with Crippen molar-refractivity contribution in [2.24, 2.45) is 5.92 Å². The van der Waals surface area contributed by atoms with E-state index in [1.165, 1.54) is 6.20 Å². The Labute approximate surface area is 108 Å². The summed E-state index contributed by atoms with van der Waals surface area (Å²) in [6.07, 6.45) is 3.51. The van der Waals surface area contributed by atoms with Crippen LogP contribution in [0.4, 0.5) is 11.5 Å². The third kappa shape index (κ3) is 4.31. The topological polar surface area (TPSA) is 68.1 Å². The van der Waals surface area contributed by atoms with E-state index in [0.717, 1.165) is 24.2 Å². The minimum Gasteiger partial charge on any atom is -0.367 e. The molecule has 1 rings (SSSR count). The number of nitrogens with one attached hydrogen (secondary N) is 1. The maximum Gasteiger partial charge on any atom is 0.287 e. The van der Waals surface area contributed by atoms with Crippen LogP contribution < -0.4 is 5.32 Å². The zero-order valence-electron chi connectivity index (χ0n) is 11.4. The molecule has 0 aliphatic carbocycles. The van der Waals surface area contributed by atoms with Crippen LogP contribution in [0.25, 0.3) is 0 Å². The molecule has 1 aromatic rings. The van der Waals surface area contributed by atoms with E-state index in [1.54, 1.807) is 6.07 Å². The Morgan fingerprint density at radius 3 is 2.56 bits per heavy atom. The fraction of sp³-hybridized carbons (Fsp3) is 0.615. The lowest BCUT2D eigenvalue weighted by molar-refractivity contribution is -0.385. The van der Waals surface area contributed by atoms with Gasteiger partial charge in [-0.1, -0.05) is 13.8 Å². The SMILES string of the molecule is Cc1cc([N+](=O)[O-])cnc1NC(C)CCC(C)C. The fourth-order valence-electron chi connectivity index (χ4n) is 1.70. The van der Waals surface area contributed by atoms with Gasteiger partial charge in [-0.3, -0.25) is 10.1 Å². The van der Waals surface area contributed by atoms with Gasteiger partial charge < -0.3 is 5.32 Å². The monoisotopic (exact) mass is 251 g/mol. The van der Waals surface area contributed by atoms with Gasteiger partial charge in [-0.05, 0) is 38.2 Å². The molecule has 0 aromatic carbocycles. The van der Waals surface area contributed by atoms with Crippen molar-refractivity contribution in [2.45, 2.75) is 46.6 Å². The lowest BCUT2D eigenvalue weighted by Crippen LogP contribution is -2.17. The van der Waals surface area contributed by atoms with Crippen molar-refractivity contribution in [1.29, 1.82) is 0 Å². The van der Waals surface area contributed by atoms with E-state index in [1.807, 2.05) is 6.92 Å². The fourth-order valence-corrected chi connectivity index (χ4v) is 1.70. The molecule has 0 fully saturated rings. The highest BCUT2D eigenvalue weighted by molar-refractivity contribution is 5.48. The lowest BCUT2D eigenvalue weighted by atomic mass is 10.0. The van der Waals surface area contributed by atoms with Gasteiger partial charge in [0.2, 0.25) is 0 Å². The summed E-state index contributed by atoms with van der Waals surface area (Å²) in [6, 6.07) is 1.87. The molecule has 5 nitrogen and oxygen atoms in total. The van der Waals surface area contributed by atoms with Gasteiger partial charge in [0.25, 0.3) is 5.69 Å². The van der Waals surface area contributed by atoms with Gasteiger partial charge in [-0.25, -0.2) is 4.98 Å². The van der Waals surface area contributed by atoms with E-state index in [9.17, 15) is 10.1 Å². The van der Waals surface area contributed by atoms with Gasteiger partial charge in [-0.15, -0.1) is 0 Å². The van der Waals surface area contributed by atoms with Gasteiger partial charge >= 0.3 is 0 Å². The molecule has 0 bridgehead atoms. The Morgan fingerprint density at radius 1 is 1.39 bits per heavy atom. The van der Waals surface area contributed by atoms with Crippen molar-refractivity contribution in [3.8, 4) is 0 Å². The van der Waals surface area contributed by atoms with E-state index < -0.39 is 4.92 Å². The van der Waals surface area contributed by atoms with Crippen LogP contribution in [0.1, 0.15) is 39.2 Å². The van der Waals surface area contributed by atoms with Crippen LogP contribution >= 0.6 is 0 Å². The van der Waals surface area contributed by atoms with Crippen molar-refractivity contribution in [2.75, 3.05) is 5.32 Å². The number of pyridine rings is 1. The molecule has 5 heteroatoms. The minimum absolute atomic E-state index is 0.0351. The Morgan fingerprint density at radius 2 is 2.06 bits per heavy atom. The zero-order valence-corrected chi connectivity index (χ0v) is 11.4. The van der Waals surface area contributed by atoms with Crippen molar-refractivity contribution in [3.63, 3.8) is 0 Å². The number of nitrogens with zero attached hydrogens (tertiary/aromatic N) is 2. The number of hydrogen-bond donors (Lipinski definition) is 1. The molecule has 18 heavy (non-hydrogen) atoms. The maximum atomic E-state index is 10.6. The average molecular weight is 251 g/mol. The zero-order chi connectivity index (χ0) is 13.7. The molecule has 0 amide bonds. The van der Waals surface area contributed by atoms with E-state index in [4.69, 9.17) is 0 Å². The van der Waals surface area contributed by atoms with Crippen LogP contribution in [0.2, 0.25) is 0 Å². The molecular formula is C13H21N3O2. The minimum atomic E-state index is -0.425. The predicted molar refractivity (Wildman–Crippen MR) is 72.8 cm³/mol. The predicted octanol–water partition coefficient (Wildman–Crippen LogP) is 3.53. The molecule has 0 spiro atoms. The van der Waals surface area contributed by atoms with E-state index in [-0.39, 0.29) is 5.69 Å². The van der Waals surface area contributed by atoms with E-state index in [0.29, 0.717) is 12.0 Å². The standard InChI is InChI=1S/C13H21N3O2/c1-9(2)5-6-11(4)15-13-10(3)7-12(8-14-13)16(17)18/h7-9,11H,5-6H2,1-4H3,(H,14,15). The summed E-state index contributed by atoms with van der Waals surface area (Å²) in [6.45, 7) is 8.33. The Kier molecular flexibility index (Phi) is 5.07. The first-order chi connectivity index (χ1) is 8.40. The molecule has 0 aliphatic rings. The summed E-state index contributed by atoms with van der Waals surface area (Å²) in [5.41, 5.74) is 0.841. The molecule has 1 atom stereocenters. The van der Waals surface area contributed by atoms with E-state index in [2.05, 4.69) is 31.1 Å². The Balaban J connectivity index is 2.64. The summed E-state index contributed by atoms with van der Waals surface area (Å²) < 4.78 is 0. The summed E-state index contributed by atoms with van der Waals surface area (Å²) in [7, 11) is 0. The highest BCUT2D eigenvalue weighted by Crippen LogP contribution is 2.19. The van der Waals surface area contributed by atoms with Gasteiger partial charge in [0.1, 0.15) is 12.0 Å². The van der Waals surface area contributed by atoms with Gasteiger partial charge in [0.15, 0.2) is 0 Å². The number of aryl methyl sites for hydroxylation is 1. The van der Waals surface area contributed by atoms with Gasteiger partial charge in [0.05, 0.1) is 4.92 Å². The van der Waals surface area contributed by atoms with Gasteiger partial charge in [-0.2, -0.15) is 0 Å². The second-order valence-corrected chi connectivity index (χ2v) is 5.13. The maximum absolute atomic E-state index is 10.6. The second kappa shape index (κ2) is 6.33. The molecule has 100 valence electrons. The van der Waals surface area contributed by atoms with Crippen LogP contribution in [0.3, 0.4) is 0 Å².